The minimum absolute atomic E-state index is 0.150. The number of furan rings is 2. The quantitative estimate of drug-likeness (QED) is 0.123. The van der Waals surface area contributed by atoms with Crippen molar-refractivity contribution in [2.45, 2.75) is 11.3 Å². The van der Waals surface area contributed by atoms with E-state index in [1.807, 2.05) is 36.4 Å². The van der Waals surface area contributed by atoms with Gasteiger partial charge < -0.3 is 8.83 Å². The van der Waals surface area contributed by atoms with E-state index in [0.29, 0.717) is 0 Å². The van der Waals surface area contributed by atoms with E-state index in [-0.39, 0.29) is 5.92 Å². The Labute approximate surface area is 386 Å². The lowest BCUT2D eigenvalue weighted by atomic mass is 9.54. The summed E-state index contributed by atoms with van der Waals surface area (Å²) in [6, 6.07) is 90.9. The van der Waals surface area contributed by atoms with Crippen LogP contribution in [0, 0.1) is 0 Å². The zero-order valence-corrected chi connectivity index (χ0v) is 36.3. The molecule has 0 amide bonds. The van der Waals surface area contributed by atoms with E-state index in [9.17, 15) is 0 Å². The number of allylic oxidation sites excluding steroid dienone is 4. The van der Waals surface area contributed by atoms with Crippen LogP contribution in [0.2, 0.25) is 0 Å². The summed E-state index contributed by atoms with van der Waals surface area (Å²) < 4.78 is 12.1. The van der Waals surface area contributed by atoms with E-state index in [1.54, 1.807) is 12.5 Å². The predicted molar refractivity (Wildman–Crippen MR) is 271 cm³/mol. The van der Waals surface area contributed by atoms with Gasteiger partial charge >= 0.3 is 0 Å². The highest BCUT2D eigenvalue weighted by Gasteiger charge is 2.50. The van der Waals surface area contributed by atoms with E-state index in [0.717, 1.165) is 51.2 Å². The third kappa shape index (κ3) is 7.35. The van der Waals surface area contributed by atoms with E-state index in [2.05, 4.69) is 234 Å². The first-order valence-electron chi connectivity index (χ1n) is 22.4. The Morgan fingerprint density at radius 3 is 1.23 bits per heavy atom. The molecular formula is C62H46N2O2. The molecule has 0 fully saturated rings. The van der Waals surface area contributed by atoms with Crippen molar-refractivity contribution in [3.05, 3.63) is 307 Å². The Balaban J connectivity index is 1.19. The smallest absolute Gasteiger partial charge is 0.204 e. The molecule has 0 bridgehead atoms. The number of rotatable bonds is 12. The van der Waals surface area contributed by atoms with Crippen molar-refractivity contribution in [3.63, 3.8) is 0 Å². The molecule has 0 N–H and O–H groups in total. The van der Waals surface area contributed by atoms with Crippen LogP contribution in [0.1, 0.15) is 39.3 Å². The Kier molecular flexibility index (Phi) is 10.9. The second-order valence-corrected chi connectivity index (χ2v) is 16.5. The van der Waals surface area contributed by atoms with Gasteiger partial charge in [-0.25, -0.2) is 0 Å². The largest absolute Gasteiger partial charge is 0.448 e. The molecule has 0 aliphatic heterocycles. The highest BCUT2D eigenvalue weighted by atomic mass is 16.3. The fourth-order valence-electron chi connectivity index (χ4n) is 9.93. The molecule has 0 spiro atoms. The maximum atomic E-state index is 6.07. The maximum Gasteiger partial charge on any atom is 0.204 e. The number of hydrogen-bond donors (Lipinski definition) is 0. The summed E-state index contributed by atoms with van der Waals surface area (Å²) in [6.07, 6.45) is 6.00. The first-order chi connectivity index (χ1) is 32.8. The summed E-state index contributed by atoms with van der Waals surface area (Å²) in [4.78, 5) is 4.33. The Bertz CT molecular complexity index is 3190. The second-order valence-electron chi connectivity index (χ2n) is 16.5. The minimum atomic E-state index is -0.719. The monoisotopic (exact) mass is 850 g/mol. The minimum Gasteiger partial charge on any atom is -0.448 e. The Morgan fingerprint density at radius 2 is 0.742 bits per heavy atom. The molecule has 1 aliphatic carbocycles. The molecule has 8 aromatic carbocycles. The van der Waals surface area contributed by atoms with Gasteiger partial charge in [0.2, 0.25) is 11.8 Å². The number of nitrogens with zero attached hydrogens (tertiary/aromatic N) is 2. The molecule has 66 heavy (non-hydrogen) atoms. The fourth-order valence-corrected chi connectivity index (χ4v) is 9.93. The van der Waals surface area contributed by atoms with Crippen molar-refractivity contribution >= 4 is 51.2 Å². The van der Waals surface area contributed by atoms with Gasteiger partial charge in [-0.15, -0.1) is 0 Å². The van der Waals surface area contributed by atoms with Gasteiger partial charge in [-0.05, 0) is 111 Å². The van der Waals surface area contributed by atoms with Gasteiger partial charge in [0, 0.05) is 40.8 Å². The summed E-state index contributed by atoms with van der Waals surface area (Å²) in [7, 11) is 0. The van der Waals surface area contributed by atoms with Gasteiger partial charge in [0.05, 0.1) is 17.9 Å². The predicted octanol–water partition coefficient (Wildman–Crippen LogP) is 16.6. The van der Waals surface area contributed by atoms with Crippen LogP contribution in [0.4, 0.5) is 34.5 Å². The van der Waals surface area contributed by atoms with Crippen LogP contribution in [-0.4, -0.2) is 0 Å². The van der Waals surface area contributed by atoms with E-state index >= 15 is 0 Å². The van der Waals surface area contributed by atoms with Crippen LogP contribution < -0.4 is 9.80 Å². The number of anilines is 6. The molecule has 0 saturated carbocycles. The average Bonchev–Trinajstić information content (AvgIpc) is 4.15. The fraction of sp³-hybridized carbons (Fsp3) is 0.0323. The van der Waals surface area contributed by atoms with Crippen LogP contribution in [0.25, 0.3) is 16.7 Å². The van der Waals surface area contributed by atoms with Gasteiger partial charge in [0.1, 0.15) is 0 Å². The van der Waals surface area contributed by atoms with Gasteiger partial charge in [0.15, 0.2) is 0 Å². The lowest BCUT2D eigenvalue weighted by Crippen LogP contribution is -2.39. The molecule has 2 aromatic heterocycles. The molecular weight excluding hydrogens is 805 g/mol. The lowest BCUT2D eigenvalue weighted by Gasteiger charge is -2.48. The summed E-state index contributed by atoms with van der Waals surface area (Å²) in [6.45, 7) is 0. The van der Waals surface area contributed by atoms with Crippen LogP contribution in [0.3, 0.4) is 0 Å². The van der Waals surface area contributed by atoms with Gasteiger partial charge in [-0.2, -0.15) is 0 Å². The van der Waals surface area contributed by atoms with Crippen LogP contribution in [0.5, 0.6) is 0 Å². The molecule has 2 heterocycles. The van der Waals surface area contributed by atoms with Crippen LogP contribution >= 0.6 is 0 Å². The standard InChI is InChI=1S/C62H46N2O2/c1-7-21-47(22-8-1)57-45-56(46-35-39-54(40-36-46)63(58-33-19-43-65-58)52-29-15-5-16-30-52)60(48-23-9-2-10-24-48)61(49-25-11-3-12-26-49)62(57,50-27-13-4-14-28-50)51-37-41-55(42-38-51)64(59-34-20-44-66-59)53-31-17-6-18-32-53/h1-45,57H. The van der Waals surface area contributed by atoms with Gasteiger partial charge in [-0.3, -0.25) is 9.80 Å². The van der Waals surface area contributed by atoms with E-state index in [1.165, 1.54) is 33.4 Å². The van der Waals surface area contributed by atoms with E-state index < -0.39 is 5.41 Å². The normalized spacial score (nSPS) is 15.8. The van der Waals surface area contributed by atoms with Crippen molar-refractivity contribution in [2.75, 3.05) is 9.80 Å². The topological polar surface area (TPSA) is 32.8 Å². The van der Waals surface area contributed by atoms with Crippen molar-refractivity contribution in [1.29, 1.82) is 0 Å². The molecule has 10 aromatic rings. The third-order valence-corrected chi connectivity index (χ3v) is 12.7. The average molecular weight is 851 g/mol. The first-order valence-corrected chi connectivity index (χ1v) is 22.4. The molecule has 2 unspecified atom stereocenters. The van der Waals surface area contributed by atoms with Gasteiger partial charge in [-0.1, -0.05) is 188 Å². The van der Waals surface area contributed by atoms with Gasteiger partial charge in [0.25, 0.3) is 0 Å². The third-order valence-electron chi connectivity index (χ3n) is 12.7. The summed E-state index contributed by atoms with van der Waals surface area (Å²) in [5.74, 6) is 1.35. The number of para-hydroxylation sites is 2. The van der Waals surface area contributed by atoms with E-state index in [4.69, 9.17) is 8.83 Å². The second kappa shape index (κ2) is 17.9. The molecule has 1 aliphatic rings. The molecule has 11 rings (SSSR count). The van der Waals surface area contributed by atoms with Crippen LogP contribution in [-0.2, 0) is 5.41 Å². The SMILES string of the molecule is C1=C(c2ccc(N(c3ccccc3)c3ccco3)cc2)C(c2ccccc2)=C(c2ccccc2)C(c2ccccc2)(c2ccc(N(c3ccccc3)c3ccco3)cc2)C1c1ccccc1. The van der Waals surface area contributed by atoms with Crippen molar-refractivity contribution in [2.24, 2.45) is 0 Å². The first kappa shape index (κ1) is 40.2. The molecule has 0 saturated heterocycles. The van der Waals surface area contributed by atoms with Crippen molar-refractivity contribution in [3.8, 4) is 0 Å². The van der Waals surface area contributed by atoms with Crippen molar-refractivity contribution in [1.82, 2.24) is 0 Å². The summed E-state index contributed by atoms with van der Waals surface area (Å²) >= 11 is 0. The Hall–Kier alpha value is -8.60. The molecule has 4 heteroatoms. The summed E-state index contributed by atoms with van der Waals surface area (Å²) in [5.41, 5.74) is 13.9. The molecule has 316 valence electrons. The van der Waals surface area contributed by atoms with Crippen LogP contribution in [0.15, 0.2) is 282 Å². The summed E-state index contributed by atoms with van der Waals surface area (Å²) in [5, 5.41) is 0. The molecule has 4 nitrogen and oxygen atoms in total. The molecule has 0 radical (unpaired) electrons. The zero-order valence-electron chi connectivity index (χ0n) is 36.3. The maximum absolute atomic E-state index is 6.07. The Morgan fingerprint density at radius 1 is 0.333 bits per heavy atom. The lowest BCUT2D eigenvalue weighted by molar-refractivity contribution is 0.573. The zero-order chi connectivity index (χ0) is 44.1. The highest BCUT2D eigenvalue weighted by molar-refractivity contribution is 6.19. The number of benzene rings is 8. The van der Waals surface area contributed by atoms with Crippen molar-refractivity contribution < 1.29 is 8.83 Å². The number of hydrogen-bond acceptors (Lipinski definition) is 4. The highest BCUT2D eigenvalue weighted by Crippen LogP contribution is 2.61. The molecule has 2 atom stereocenters.